The summed E-state index contributed by atoms with van der Waals surface area (Å²) in [6.45, 7) is 3.22. The smallest absolute Gasteiger partial charge is 0.286 e. The Hall–Kier alpha value is -2.67. The molecule has 0 aromatic heterocycles. The Kier molecular flexibility index (Phi) is 9.35. The van der Waals surface area contributed by atoms with Gasteiger partial charge in [-0.15, -0.1) is 0 Å². The zero-order chi connectivity index (χ0) is 24.5. The highest BCUT2D eigenvalue weighted by Crippen LogP contribution is 2.35. The predicted molar refractivity (Wildman–Crippen MR) is 138 cm³/mol. The number of imide groups is 1. The molecule has 0 spiro atoms. The Morgan fingerprint density at radius 3 is 2.49 bits per heavy atom. The van der Waals surface area contributed by atoms with Crippen molar-refractivity contribution >= 4 is 22.9 Å². The van der Waals surface area contributed by atoms with Crippen LogP contribution in [0, 0.1) is 0 Å². The van der Waals surface area contributed by atoms with E-state index >= 15 is 0 Å². The SMILES string of the molecule is CCCc1cc(OC2CCCCCC2)ccc1OCCCOc1cccc(C2SC(=O)NC2=O)c1. The lowest BCUT2D eigenvalue weighted by Crippen LogP contribution is -2.20. The third-order valence-electron chi connectivity index (χ3n) is 6.32. The van der Waals surface area contributed by atoms with Gasteiger partial charge < -0.3 is 14.2 Å². The molecule has 1 saturated carbocycles. The van der Waals surface area contributed by atoms with Gasteiger partial charge in [-0.2, -0.15) is 0 Å². The first-order valence-electron chi connectivity index (χ1n) is 12.8. The van der Waals surface area contributed by atoms with Crippen molar-refractivity contribution in [3.63, 3.8) is 0 Å². The maximum Gasteiger partial charge on any atom is 0.286 e. The topological polar surface area (TPSA) is 73.9 Å². The van der Waals surface area contributed by atoms with E-state index in [0.29, 0.717) is 25.1 Å². The minimum atomic E-state index is -0.513. The van der Waals surface area contributed by atoms with Crippen LogP contribution in [-0.2, 0) is 11.2 Å². The second kappa shape index (κ2) is 12.9. The summed E-state index contributed by atoms with van der Waals surface area (Å²) in [6.07, 6.45) is 10.5. The summed E-state index contributed by atoms with van der Waals surface area (Å²) in [4.78, 5) is 23.4. The number of nitrogens with one attached hydrogen (secondary N) is 1. The number of hydrogen-bond acceptors (Lipinski definition) is 6. The van der Waals surface area contributed by atoms with Gasteiger partial charge in [0.2, 0.25) is 5.91 Å². The van der Waals surface area contributed by atoms with Crippen LogP contribution in [0.15, 0.2) is 42.5 Å². The van der Waals surface area contributed by atoms with E-state index in [-0.39, 0.29) is 11.1 Å². The summed E-state index contributed by atoms with van der Waals surface area (Å²) in [5, 5.41) is 1.50. The van der Waals surface area contributed by atoms with Crippen LogP contribution >= 0.6 is 11.8 Å². The number of hydrogen-bond donors (Lipinski definition) is 1. The first-order chi connectivity index (χ1) is 17.1. The van der Waals surface area contributed by atoms with Crippen molar-refractivity contribution in [3.05, 3.63) is 53.6 Å². The molecule has 4 rings (SSSR count). The molecule has 1 atom stereocenters. The van der Waals surface area contributed by atoms with Crippen molar-refractivity contribution in [3.8, 4) is 17.2 Å². The van der Waals surface area contributed by atoms with Gasteiger partial charge in [0.25, 0.3) is 5.24 Å². The first kappa shape index (κ1) is 25.4. The maximum atomic E-state index is 11.9. The van der Waals surface area contributed by atoms with Crippen LogP contribution in [-0.4, -0.2) is 30.5 Å². The fourth-order valence-corrected chi connectivity index (χ4v) is 5.38. The van der Waals surface area contributed by atoms with Crippen LogP contribution in [0.4, 0.5) is 4.79 Å². The van der Waals surface area contributed by atoms with Crippen molar-refractivity contribution < 1.29 is 23.8 Å². The van der Waals surface area contributed by atoms with E-state index in [1.807, 2.05) is 36.4 Å². The number of thioether (sulfide) groups is 1. The van der Waals surface area contributed by atoms with Crippen molar-refractivity contribution in [2.45, 2.75) is 76.1 Å². The van der Waals surface area contributed by atoms with Crippen LogP contribution in [0.25, 0.3) is 0 Å². The molecule has 0 bridgehead atoms. The average Bonchev–Trinajstić information content (AvgIpc) is 3.02. The second-order valence-corrected chi connectivity index (χ2v) is 10.2. The standard InChI is InChI=1S/C28H35NO5S/c1-2-9-20-18-24(34-22-11-5-3-4-6-12-22)14-15-25(20)33-17-8-16-32-23-13-7-10-21(19-23)26-27(30)29-28(31)35-26/h7,10,13-15,18-19,22,26H,2-6,8-9,11-12,16-17H2,1H3,(H,29,30,31). The Labute approximate surface area is 212 Å². The summed E-state index contributed by atoms with van der Waals surface area (Å²) >= 11 is 0.998. The van der Waals surface area contributed by atoms with Crippen LogP contribution in [0.5, 0.6) is 17.2 Å². The monoisotopic (exact) mass is 497 g/mol. The largest absolute Gasteiger partial charge is 0.493 e. The lowest BCUT2D eigenvalue weighted by atomic mass is 10.1. The van der Waals surface area contributed by atoms with Gasteiger partial charge in [-0.25, -0.2) is 0 Å². The minimum Gasteiger partial charge on any atom is -0.493 e. The molecule has 188 valence electrons. The molecule has 1 aliphatic carbocycles. The molecule has 1 unspecified atom stereocenters. The Morgan fingerprint density at radius 1 is 0.943 bits per heavy atom. The Bertz CT molecular complexity index is 1000. The van der Waals surface area contributed by atoms with E-state index in [9.17, 15) is 9.59 Å². The number of carbonyl (C=O) groups excluding carboxylic acids is 2. The molecular weight excluding hydrogens is 462 g/mol. The van der Waals surface area contributed by atoms with Gasteiger partial charge in [-0.1, -0.05) is 38.3 Å². The molecule has 2 aromatic carbocycles. The van der Waals surface area contributed by atoms with Gasteiger partial charge in [0.1, 0.15) is 22.5 Å². The van der Waals surface area contributed by atoms with Gasteiger partial charge in [-0.3, -0.25) is 14.9 Å². The van der Waals surface area contributed by atoms with Crippen LogP contribution in [0.1, 0.15) is 74.7 Å². The van der Waals surface area contributed by atoms with Gasteiger partial charge in [-0.05, 0) is 85.3 Å². The average molecular weight is 498 g/mol. The van der Waals surface area contributed by atoms with E-state index in [4.69, 9.17) is 14.2 Å². The Morgan fingerprint density at radius 2 is 1.74 bits per heavy atom. The van der Waals surface area contributed by atoms with Crippen molar-refractivity contribution in [2.24, 2.45) is 0 Å². The van der Waals surface area contributed by atoms with Gasteiger partial charge >= 0.3 is 0 Å². The molecule has 1 saturated heterocycles. The second-order valence-electron chi connectivity index (χ2n) is 9.15. The molecule has 1 aliphatic heterocycles. The number of aryl methyl sites for hydroxylation is 1. The molecule has 7 heteroatoms. The van der Waals surface area contributed by atoms with Crippen LogP contribution < -0.4 is 19.5 Å². The zero-order valence-electron chi connectivity index (χ0n) is 20.4. The van der Waals surface area contributed by atoms with Gasteiger partial charge in [0, 0.05) is 6.42 Å². The normalized spacial score (nSPS) is 18.7. The maximum absolute atomic E-state index is 11.9. The fraction of sp³-hybridized carbons (Fsp3) is 0.500. The summed E-state index contributed by atoms with van der Waals surface area (Å²) in [5.41, 5.74) is 1.96. The first-order valence-corrected chi connectivity index (χ1v) is 13.7. The summed E-state index contributed by atoms with van der Waals surface area (Å²) in [5.74, 6) is 2.27. The number of ether oxygens (including phenoxy) is 3. The predicted octanol–water partition coefficient (Wildman–Crippen LogP) is 6.61. The number of rotatable bonds is 11. The highest BCUT2D eigenvalue weighted by Gasteiger charge is 2.33. The lowest BCUT2D eigenvalue weighted by Gasteiger charge is -2.19. The van der Waals surface area contributed by atoms with Crippen molar-refractivity contribution in [1.82, 2.24) is 5.32 Å². The highest BCUT2D eigenvalue weighted by molar-refractivity contribution is 8.15. The van der Waals surface area contributed by atoms with Crippen molar-refractivity contribution in [2.75, 3.05) is 13.2 Å². The molecule has 6 nitrogen and oxygen atoms in total. The minimum absolute atomic E-state index is 0.279. The molecule has 2 aliphatic rings. The molecule has 35 heavy (non-hydrogen) atoms. The van der Waals surface area contributed by atoms with E-state index in [1.54, 1.807) is 0 Å². The quantitative estimate of drug-likeness (QED) is 0.278. The molecular formula is C28H35NO5S. The number of carbonyl (C=O) groups is 2. The van der Waals surface area contributed by atoms with Crippen LogP contribution in [0.3, 0.4) is 0 Å². The molecule has 2 fully saturated rings. The third-order valence-corrected chi connectivity index (χ3v) is 7.36. The molecule has 0 radical (unpaired) electrons. The zero-order valence-corrected chi connectivity index (χ0v) is 21.2. The summed E-state index contributed by atoms with van der Waals surface area (Å²) in [7, 11) is 0. The van der Waals surface area contributed by atoms with E-state index in [0.717, 1.165) is 60.9 Å². The lowest BCUT2D eigenvalue weighted by molar-refractivity contribution is -0.119. The van der Waals surface area contributed by atoms with E-state index in [1.165, 1.54) is 31.2 Å². The van der Waals surface area contributed by atoms with Gasteiger partial charge in [0.15, 0.2) is 0 Å². The van der Waals surface area contributed by atoms with Crippen LogP contribution in [0.2, 0.25) is 0 Å². The molecule has 2 aromatic rings. The molecule has 2 amide bonds. The van der Waals surface area contributed by atoms with Gasteiger partial charge in [0.05, 0.1) is 19.3 Å². The fourth-order valence-electron chi connectivity index (χ4n) is 4.56. The van der Waals surface area contributed by atoms with E-state index < -0.39 is 5.25 Å². The summed E-state index contributed by atoms with van der Waals surface area (Å²) in [6, 6.07) is 13.6. The number of benzene rings is 2. The van der Waals surface area contributed by atoms with E-state index in [2.05, 4.69) is 18.3 Å². The number of amides is 2. The summed E-state index contributed by atoms with van der Waals surface area (Å²) < 4.78 is 18.3. The highest BCUT2D eigenvalue weighted by atomic mass is 32.2. The van der Waals surface area contributed by atoms with Crippen molar-refractivity contribution in [1.29, 1.82) is 0 Å². The molecule has 1 heterocycles. The Balaban J connectivity index is 1.25. The molecule has 1 N–H and O–H groups in total. The third kappa shape index (κ3) is 7.40.